The van der Waals surface area contributed by atoms with Crippen LogP contribution in [-0.4, -0.2) is 29.5 Å². The predicted molar refractivity (Wildman–Crippen MR) is 106 cm³/mol. The lowest BCUT2D eigenvalue weighted by molar-refractivity contribution is -0.145. The predicted octanol–water partition coefficient (Wildman–Crippen LogP) is 3.67. The molecule has 0 fully saturated rings. The van der Waals surface area contributed by atoms with Crippen molar-refractivity contribution in [1.82, 2.24) is 10.3 Å². The quantitative estimate of drug-likeness (QED) is 0.598. The van der Waals surface area contributed by atoms with E-state index in [1.54, 1.807) is 31.5 Å². The van der Waals surface area contributed by atoms with Gasteiger partial charge in [-0.1, -0.05) is 39.0 Å². The smallest absolute Gasteiger partial charge is 0.328 e. The van der Waals surface area contributed by atoms with Gasteiger partial charge < -0.3 is 10.1 Å². The van der Waals surface area contributed by atoms with Gasteiger partial charge in [-0.05, 0) is 54.5 Å². The maximum absolute atomic E-state index is 12.3. The van der Waals surface area contributed by atoms with Crippen LogP contribution in [0.5, 0.6) is 0 Å². The maximum atomic E-state index is 12.3. The second-order valence-electron chi connectivity index (χ2n) is 7.65. The van der Waals surface area contributed by atoms with Crippen molar-refractivity contribution in [2.24, 2.45) is 0 Å². The Morgan fingerprint density at radius 1 is 1.15 bits per heavy atom. The Balaban J connectivity index is 1.77. The van der Waals surface area contributed by atoms with E-state index in [4.69, 9.17) is 4.74 Å². The molecule has 0 spiro atoms. The number of hydrogen-bond donors (Lipinski definition) is 1. The Morgan fingerprint density at radius 3 is 2.44 bits per heavy atom. The Bertz CT molecular complexity index is 749. The number of benzene rings is 1. The molecule has 0 aliphatic rings. The van der Waals surface area contributed by atoms with Crippen molar-refractivity contribution in [3.63, 3.8) is 0 Å². The highest BCUT2D eigenvalue weighted by Crippen LogP contribution is 2.22. The number of pyridine rings is 1. The van der Waals surface area contributed by atoms with E-state index in [0.717, 1.165) is 17.5 Å². The normalized spacial score (nSPS) is 12.3. The molecule has 1 amide bonds. The third kappa shape index (κ3) is 6.51. The molecule has 0 saturated carbocycles. The molecule has 27 heavy (non-hydrogen) atoms. The van der Waals surface area contributed by atoms with Crippen molar-refractivity contribution in [1.29, 1.82) is 0 Å². The number of amides is 1. The minimum atomic E-state index is -0.696. The molecule has 0 radical (unpaired) electrons. The van der Waals surface area contributed by atoms with Crippen LogP contribution in [0.4, 0.5) is 0 Å². The monoisotopic (exact) mass is 368 g/mol. The van der Waals surface area contributed by atoms with E-state index < -0.39 is 12.0 Å². The van der Waals surface area contributed by atoms with Crippen LogP contribution in [-0.2, 0) is 21.4 Å². The van der Waals surface area contributed by atoms with Crippen LogP contribution in [0.1, 0.15) is 55.6 Å². The lowest BCUT2D eigenvalue weighted by atomic mass is 9.86. The van der Waals surface area contributed by atoms with Gasteiger partial charge in [-0.25, -0.2) is 4.79 Å². The topological polar surface area (TPSA) is 68.3 Å². The van der Waals surface area contributed by atoms with Crippen molar-refractivity contribution in [3.8, 4) is 0 Å². The molecule has 5 nitrogen and oxygen atoms in total. The zero-order valence-corrected chi connectivity index (χ0v) is 16.5. The van der Waals surface area contributed by atoms with Gasteiger partial charge in [0, 0.05) is 18.0 Å². The first-order chi connectivity index (χ1) is 12.8. The Hall–Kier alpha value is -2.69. The van der Waals surface area contributed by atoms with E-state index in [9.17, 15) is 9.59 Å². The number of nitrogens with zero attached hydrogens (tertiary/aromatic N) is 1. The zero-order valence-electron chi connectivity index (χ0n) is 16.5. The summed E-state index contributed by atoms with van der Waals surface area (Å²) in [6.07, 6.45) is 5.04. The first-order valence-electron chi connectivity index (χ1n) is 9.24. The molecule has 2 aromatic rings. The molecular formula is C22H28N2O3. The number of carbonyl (C=O) groups excluding carboxylic acids is 2. The van der Waals surface area contributed by atoms with Gasteiger partial charge in [0.1, 0.15) is 6.04 Å². The number of carbonyl (C=O) groups is 2. The molecule has 1 atom stereocenters. The standard InChI is InChI=1S/C22H28N2O3/c1-16(21(26)27-14-6-8-17-7-5-13-23-15-17)24-20(25)18-9-11-19(12-10-18)22(2,3)4/h5,7,9-13,15-16H,6,8,14H2,1-4H3,(H,24,25). The largest absolute Gasteiger partial charge is 0.464 e. The van der Waals surface area contributed by atoms with Crippen molar-refractivity contribution < 1.29 is 14.3 Å². The van der Waals surface area contributed by atoms with E-state index in [2.05, 4.69) is 31.1 Å². The van der Waals surface area contributed by atoms with E-state index >= 15 is 0 Å². The maximum Gasteiger partial charge on any atom is 0.328 e. The molecule has 1 N–H and O–H groups in total. The second kappa shape index (κ2) is 9.31. The molecule has 0 bridgehead atoms. The number of hydrogen-bond acceptors (Lipinski definition) is 4. The summed E-state index contributed by atoms with van der Waals surface area (Å²) in [6.45, 7) is 8.30. The first-order valence-corrected chi connectivity index (χ1v) is 9.24. The summed E-state index contributed by atoms with van der Waals surface area (Å²) >= 11 is 0. The zero-order chi connectivity index (χ0) is 19.9. The fourth-order valence-corrected chi connectivity index (χ4v) is 2.58. The molecule has 1 heterocycles. The molecule has 144 valence electrons. The number of ether oxygens (including phenoxy) is 1. The van der Waals surface area contributed by atoms with Crippen molar-refractivity contribution in [2.45, 2.75) is 52.0 Å². The molecule has 2 rings (SSSR count). The van der Waals surface area contributed by atoms with Gasteiger partial charge in [0.15, 0.2) is 0 Å². The summed E-state index contributed by atoms with van der Waals surface area (Å²) in [4.78, 5) is 28.4. The van der Waals surface area contributed by atoms with Gasteiger partial charge in [0.05, 0.1) is 6.61 Å². The van der Waals surface area contributed by atoms with Gasteiger partial charge in [-0.2, -0.15) is 0 Å². The van der Waals surface area contributed by atoms with E-state index in [0.29, 0.717) is 18.6 Å². The highest BCUT2D eigenvalue weighted by Gasteiger charge is 2.19. The van der Waals surface area contributed by atoms with Crippen LogP contribution in [0.2, 0.25) is 0 Å². The highest BCUT2D eigenvalue weighted by atomic mass is 16.5. The fourth-order valence-electron chi connectivity index (χ4n) is 2.58. The van der Waals surface area contributed by atoms with Crippen LogP contribution in [0.15, 0.2) is 48.8 Å². The second-order valence-corrected chi connectivity index (χ2v) is 7.65. The van der Waals surface area contributed by atoms with Crippen LogP contribution in [0, 0.1) is 0 Å². The third-order valence-corrected chi connectivity index (χ3v) is 4.29. The van der Waals surface area contributed by atoms with Crippen LogP contribution >= 0.6 is 0 Å². The van der Waals surface area contributed by atoms with Crippen molar-refractivity contribution in [3.05, 3.63) is 65.5 Å². The van der Waals surface area contributed by atoms with Crippen LogP contribution < -0.4 is 5.32 Å². The average Bonchev–Trinajstić information content (AvgIpc) is 2.65. The molecule has 0 aliphatic carbocycles. The Kier molecular flexibility index (Phi) is 7.11. The van der Waals surface area contributed by atoms with Gasteiger partial charge in [-0.15, -0.1) is 0 Å². The fraction of sp³-hybridized carbons (Fsp3) is 0.409. The molecule has 0 saturated heterocycles. The third-order valence-electron chi connectivity index (χ3n) is 4.29. The number of esters is 1. The summed E-state index contributed by atoms with van der Waals surface area (Å²) < 4.78 is 5.25. The lowest BCUT2D eigenvalue weighted by Crippen LogP contribution is -2.39. The highest BCUT2D eigenvalue weighted by molar-refractivity contribution is 5.96. The summed E-state index contributed by atoms with van der Waals surface area (Å²) in [5.41, 5.74) is 2.81. The van der Waals surface area contributed by atoms with Crippen LogP contribution in [0.25, 0.3) is 0 Å². The lowest BCUT2D eigenvalue weighted by Gasteiger charge is -2.19. The first kappa shape index (κ1) is 20.6. The van der Waals surface area contributed by atoms with Gasteiger partial charge in [0.2, 0.25) is 0 Å². The van der Waals surface area contributed by atoms with Gasteiger partial charge in [-0.3, -0.25) is 9.78 Å². The Morgan fingerprint density at radius 2 is 1.85 bits per heavy atom. The summed E-state index contributed by atoms with van der Waals surface area (Å²) in [6, 6.07) is 10.6. The molecule has 1 unspecified atom stereocenters. The van der Waals surface area contributed by atoms with Gasteiger partial charge >= 0.3 is 5.97 Å². The average molecular weight is 368 g/mol. The SMILES string of the molecule is CC(NC(=O)c1ccc(C(C)(C)C)cc1)C(=O)OCCCc1cccnc1. The van der Waals surface area contributed by atoms with Crippen LogP contribution in [0.3, 0.4) is 0 Å². The minimum Gasteiger partial charge on any atom is -0.464 e. The summed E-state index contributed by atoms with van der Waals surface area (Å²) in [5, 5.41) is 2.69. The minimum absolute atomic E-state index is 0.0297. The van der Waals surface area contributed by atoms with E-state index in [1.807, 2.05) is 24.3 Å². The number of nitrogens with one attached hydrogen (secondary N) is 1. The Labute approximate surface area is 161 Å². The molecule has 1 aromatic heterocycles. The number of aromatic nitrogens is 1. The van der Waals surface area contributed by atoms with Crippen molar-refractivity contribution in [2.75, 3.05) is 6.61 Å². The number of aryl methyl sites for hydroxylation is 1. The molecule has 1 aromatic carbocycles. The van der Waals surface area contributed by atoms with E-state index in [1.165, 1.54) is 0 Å². The van der Waals surface area contributed by atoms with E-state index in [-0.39, 0.29) is 11.3 Å². The molecule has 0 aliphatic heterocycles. The number of rotatable bonds is 7. The van der Waals surface area contributed by atoms with Crippen molar-refractivity contribution >= 4 is 11.9 Å². The summed E-state index contributed by atoms with van der Waals surface area (Å²) in [7, 11) is 0. The molecular weight excluding hydrogens is 340 g/mol. The molecule has 5 heteroatoms. The summed E-state index contributed by atoms with van der Waals surface area (Å²) in [5.74, 6) is -0.712. The van der Waals surface area contributed by atoms with Gasteiger partial charge in [0.25, 0.3) is 5.91 Å².